The lowest BCUT2D eigenvalue weighted by molar-refractivity contribution is -0.156. The molecule has 1 amide bonds. The van der Waals surface area contributed by atoms with Crippen molar-refractivity contribution < 1.29 is 27.9 Å². The van der Waals surface area contributed by atoms with Gasteiger partial charge < -0.3 is 9.84 Å². The number of allylic oxidation sites excluding steroid dienone is 1. The van der Waals surface area contributed by atoms with E-state index in [4.69, 9.17) is 33.0 Å². The number of ether oxygens (including phenoxy) is 1. The van der Waals surface area contributed by atoms with Gasteiger partial charge in [0.25, 0.3) is 5.91 Å². The predicted molar refractivity (Wildman–Crippen MR) is 178 cm³/mol. The zero-order valence-electron chi connectivity index (χ0n) is 25.6. The molecule has 1 saturated carbocycles. The summed E-state index contributed by atoms with van der Waals surface area (Å²) in [6, 6.07) is 17.1. The molecular formula is C34H35Cl2N3O6S. The highest BCUT2D eigenvalue weighted by atomic mass is 35.5. The topological polar surface area (TPSA) is 125 Å². The first-order valence-corrected chi connectivity index (χ1v) is 17.1. The molecule has 5 rings (SSSR count). The van der Waals surface area contributed by atoms with E-state index in [0.717, 1.165) is 52.8 Å². The minimum absolute atomic E-state index is 0.0612. The number of carbonyl (C=O) groups excluding carboxylic acids is 2. The van der Waals surface area contributed by atoms with Crippen molar-refractivity contribution in [3.63, 3.8) is 0 Å². The second-order valence-corrected chi connectivity index (χ2v) is 14.2. The van der Waals surface area contributed by atoms with Crippen LogP contribution in [0.3, 0.4) is 0 Å². The van der Waals surface area contributed by atoms with Crippen molar-refractivity contribution in [3.05, 3.63) is 105 Å². The third-order valence-electron chi connectivity index (χ3n) is 8.32. The van der Waals surface area contributed by atoms with Gasteiger partial charge in [0, 0.05) is 16.0 Å². The first-order valence-electron chi connectivity index (χ1n) is 14.9. The average Bonchev–Trinajstić information content (AvgIpc) is 3.42. The Labute approximate surface area is 278 Å². The molecule has 0 spiro atoms. The number of hydrogen-bond donors (Lipinski definition) is 2. The molecule has 0 radical (unpaired) electrons. The van der Waals surface area contributed by atoms with Crippen molar-refractivity contribution in [3.8, 4) is 0 Å². The van der Waals surface area contributed by atoms with Crippen LogP contribution in [-0.4, -0.2) is 54.9 Å². The molecule has 46 heavy (non-hydrogen) atoms. The Morgan fingerprint density at radius 1 is 1.04 bits per heavy atom. The molecule has 1 heterocycles. The van der Waals surface area contributed by atoms with Gasteiger partial charge in [0.05, 0.1) is 22.8 Å². The molecule has 1 aliphatic heterocycles. The molecule has 2 N–H and O–H groups in total. The van der Waals surface area contributed by atoms with Gasteiger partial charge in [-0.15, -0.1) is 0 Å². The van der Waals surface area contributed by atoms with Crippen LogP contribution in [-0.2, 0) is 24.3 Å². The third-order valence-corrected chi connectivity index (χ3v) is 10.3. The molecule has 12 heteroatoms. The van der Waals surface area contributed by atoms with Crippen LogP contribution in [0.2, 0.25) is 10.0 Å². The standard InChI is InChI=1S/C34H35Cl2N3O6S/c1-20-7-16-28(17-21(20)2)46(43,44)38-31(22(3)40)34(42)45-19-30(41)39-33(24-10-14-27(36)15-11-24)29-6-4-5-25(32(29)37-39)18-23-8-12-26(35)13-9-23/h7-18,22,29,31,33,38,40H,4-6,19H2,1-3H3/b25-18+/t22-,29-,31-,33-/m1/s1. The van der Waals surface area contributed by atoms with Gasteiger partial charge >= 0.3 is 5.97 Å². The van der Waals surface area contributed by atoms with Crippen LogP contribution in [0.4, 0.5) is 0 Å². The largest absolute Gasteiger partial charge is 0.454 e. The number of carbonyl (C=O) groups is 2. The number of esters is 1. The fourth-order valence-corrected chi connectivity index (χ4v) is 7.30. The molecule has 1 fully saturated rings. The van der Waals surface area contributed by atoms with E-state index in [0.29, 0.717) is 10.0 Å². The van der Waals surface area contributed by atoms with Crippen molar-refractivity contribution in [2.24, 2.45) is 11.0 Å². The lowest BCUT2D eigenvalue weighted by atomic mass is 9.77. The third kappa shape index (κ3) is 7.53. The van der Waals surface area contributed by atoms with Crippen LogP contribution in [0.25, 0.3) is 6.08 Å². The number of hydrazone groups is 1. The Balaban J connectivity index is 1.37. The van der Waals surface area contributed by atoms with E-state index in [1.54, 1.807) is 25.1 Å². The highest BCUT2D eigenvalue weighted by molar-refractivity contribution is 7.89. The van der Waals surface area contributed by atoms with Crippen LogP contribution < -0.4 is 4.72 Å². The van der Waals surface area contributed by atoms with Crippen LogP contribution >= 0.6 is 23.2 Å². The first kappa shape index (κ1) is 33.8. The number of sulfonamides is 1. The second-order valence-electron chi connectivity index (χ2n) is 11.6. The minimum Gasteiger partial charge on any atom is -0.454 e. The Hall–Kier alpha value is -3.54. The minimum atomic E-state index is -4.19. The number of hydrogen-bond acceptors (Lipinski definition) is 7. The number of nitrogens with zero attached hydrogens (tertiary/aromatic N) is 2. The second kappa shape index (κ2) is 14.1. The summed E-state index contributed by atoms with van der Waals surface area (Å²) in [5.41, 5.74) is 5.21. The zero-order chi connectivity index (χ0) is 33.2. The van der Waals surface area contributed by atoms with Crippen LogP contribution in [0.15, 0.2) is 82.3 Å². The van der Waals surface area contributed by atoms with Gasteiger partial charge in [-0.2, -0.15) is 9.82 Å². The van der Waals surface area contributed by atoms with E-state index < -0.39 is 46.7 Å². The fraction of sp³-hybridized carbons (Fsp3) is 0.324. The summed E-state index contributed by atoms with van der Waals surface area (Å²) < 4.78 is 33.7. The van der Waals surface area contributed by atoms with Crippen molar-refractivity contribution in [1.29, 1.82) is 0 Å². The molecule has 0 bridgehead atoms. The number of rotatable bonds is 9. The summed E-state index contributed by atoms with van der Waals surface area (Å²) in [5, 5.41) is 17.6. The highest BCUT2D eigenvalue weighted by Gasteiger charge is 2.44. The van der Waals surface area contributed by atoms with Gasteiger partial charge in [-0.3, -0.25) is 9.59 Å². The summed E-state index contributed by atoms with van der Waals surface area (Å²) in [4.78, 5) is 26.7. The SMILES string of the molecule is Cc1ccc(S(=O)(=O)N[C@@H](C(=O)OCC(=O)N2N=C3/C(=C/c4ccc(Cl)cc4)CCC[C@H]3[C@H]2c2ccc(Cl)cc2)[C@@H](C)O)cc1C. The van der Waals surface area contributed by atoms with Crippen LogP contribution in [0.1, 0.15) is 54.5 Å². The molecule has 2 aliphatic rings. The maximum Gasteiger partial charge on any atom is 0.327 e. The lowest BCUT2D eigenvalue weighted by Crippen LogP contribution is -2.49. The van der Waals surface area contributed by atoms with E-state index >= 15 is 0 Å². The predicted octanol–water partition coefficient (Wildman–Crippen LogP) is 6.00. The Morgan fingerprint density at radius 3 is 2.33 bits per heavy atom. The average molecular weight is 685 g/mol. The summed E-state index contributed by atoms with van der Waals surface area (Å²) >= 11 is 12.2. The van der Waals surface area contributed by atoms with Crippen molar-refractivity contribution in [2.45, 2.75) is 63.1 Å². The quantitative estimate of drug-likeness (QED) is 0.266. The maximum atomic E-state index is 13.7. The number of benzene rings is 3. The van der Waals surface area contributed by atoms with Crippen LogP contribution in [0, 0.1) is 19.8 Å². The Morgan fingerprint density at radius 2 is 1.70 bits per heavy atom. The van der Waals surface area contributed by atoms with Crippen molar-refractivity contribution >= 4 is 56.9 Å². The number of aliphatic hydroxyl groups excluding tert-OH is 1. The van der Waals surface area contributed by atoms with Gasteiger partial charge in [-0.05, 0) is 110 Å². The molecule has 0 unspecified atom stereocenters. The molecular weight excluding hydrogens is 649 g/mol. The summed E-state index contributed by atoms with van der Waals surface area (Å²) in [6.45, 7) is 4.17. The number of aliphatic hydroxyl groups is 1. The molecule has 3 aromatic rings. The molecule has 1 aliphatic carbocycles. The maximum absolute atomic E-state index is 13.7. The lowest BCUT2D eigenvalue weighted by Gasteiger charge is -2.29. The smallest absolute Gasteiger partial charge is 0.327 e. The fourth-order valence-electron chi connectivity index (χ4n) is 5.71. The molecule has 242 valence electrons. The van der Waals surface area contributed by atoms with E-state index in [9.17, 15) is 23.1 Å². The molecule has 4 atom stereocenters. The number of halogens is 2. The van der Waals surface area contributed by atoms with Crippen molar-refractivity contribution in [1.82, 2.24) is 9.73 Å². The monoisotopic (exact) mass is 683 g/mol. The van der Waals surface area contributed by atoms with E-state index in [2.05, 4.69) is 4.72 Å². The van der Waals surface area contributed by atoms with Crippen LogP contribution in [0.5, 0.6) is 0 Å². The molecule has 0 aromatic heterocycles. The van der Waals surface area contributed by atoms with Gasteiger partial charge in [-0.1, -0.05) is 53.5 Å². The molecule has 0 saturated heterocycles. The molecule has 3 aromatic carbocycles. The number of fused-ring (bicyclic) bond motifs is 1. The van der Waals surface area contributed by atoms with E-state index in [-0.39, 0.29) is 10.8 Å². The van der Waals surface area contributed by atoms with E-state index in [1.807, 2.05) is 49.4 Å². The Kier molecular flexibility index (Phi) is 10.3. The van der Waals surface area contributed by atoms with Gasteiger partial charge in [0.1, 0.15) is 6.04 Å². The van der Waals surface area contributed by atoms with Crippen molar-refractivity contribution in [2.75, 3.05) is 6.61 Å². The zero-order valence-corrected chi connectivity index (χ0v) is 27.9. The highest BCUT2D eigenvalue weighted by Crippen LogP contribution is 2.44. The van der Waals surface area contributed by atoms with Gasteiger partial charge in [0.2, 0.25) is 10.0 Å². The number of nitrogens with one attached hydrogen (secondary N) is 1. The first-order chi connectivity index (χ1) is 21.8. The summed E-state index contributed by atoms with van der Waals surface area (Å²) in [7, 11) is -4.19. The number of aryl methyl sites for hydroxylation is 2. The summed E-state index contributed by atoms with van der Waals surface area (Å²) in [5.74, 6) is -1.79. The van der Waals surface area contributed by atoms with E-state index in [1.165, 1.54) is 24.1 Å². The Bertz CT molecular complexity index is 1790. The summed E-state index contributed by atoms with van der Waals surface area (Å²) in [6.07, 6.45) is 3.06. The number of amides is 1. The van der Waals surface area contributed by atoms with Gasteiger partial charge in [0.15, 0.2) is 6.61 Å². The van der Waals surface area contributed by atoms with Gasteiger partial charge in [-0.25, -0.2) is 13.4 Å². The normalized spacial score (nSPS) is 20.2. The molecule has 9 nitrogen and oxygen atoms in total.